The fourth-order valence-electron chi connectivity index (χ4n) is 2.68. The van der Waals surface area contributed by atoms with Crippen molar-refractivity contribution in [2.45, 2.75) is 25.7 Å². The molecule has 0 saturated heterocycles. The highest BCUT2D eigenvalue weighted by Gasteiger charge is 2.13. The summed E-state index contributed by atoms with van der Waals surface area (Å²) in [7, 11) is 3.31. The molecule has 4 nitrogen and oxygen atoms in total. The number of methoxy groups -OCH3 is 1. The van der Waals surface area contributed by atoms with E-state index in [1.54, 1.807) is 6.07 Å². The van der Waals surface area contributed by atoms with Gasteiger partial charge in [0.25, 0.3) is 0 Å². The number of aliphatic hydroxyl groups excluding tert-OH is 1. The van der Waals surface area contributed by atoms with Gasteiger partial charge in [-0.05, 0) is 49.4 Å². The lowest BCUT2D eigenvalue weighted by Crippen LogP contribution is -2.32. The van der Waals surface area contributed by atoms with E-state index in [0.717, 1.165) is 11.1 Å². The van der Waals surface area contributed by atoms with Gasteiger partial charge in [-0.2, -0.15) is 0 Å². The van der Waals surface area contributed by atoms with Crippen molar-refractivity contribution in [2.75, 3.05) is 27.3 Å². The summed E-state index contributed by atoms with van der Waals surface area (Å²) in [5.74, 6) is -0.167. The van der Waals surface area contributed by atoms with E-state index < -0.39 is 6.10 Å². The summed E-state index contributed by atoms with van der Waals surface area (Å²) >= 11 is 5.88. The monoisotopic (exact) mass is 381 g/mol. The molecule has 6 heteroatoms. The molecule has 2 atom stereocenters. The first-order chi connectivity index (χ1) is 12.4. The van der Waals surface area contributed by atoms with Gasteiger partial charge in [-0.3, -0.25) is 4.90 Å². The number of ether oxygens (including phenoxy) is 2. The average molecular weight is 382 g/mol. The number of hydrogen-bond donors (Lipinski definition) is 1. The second-order valence-corrected chi connectivity index (χ2v) is 6.78. The number of rotatable bonds is 9. The van der Waals surface area contributed by atoms with Gasteiger partial charge in [0.1, 0.15) is 0 Å². The van der Waals surface area contributed by atoms with Crippen molar-refractivity contribution in [2.24, 2.45) is 0 Å². The van der Waals surface area contributed by atoms with Gasteiger partial charge in [0.15, 0.2) is 11.6 Å². The zero-order valence-electron chi connectivity index (χ0n) is 15.3. The van der Waals surface area contributed by atoms with Gasteiger partial charge in [-0.25, -0.2) is 4.39 Å². The minimum absolute atomic E-state index is 0.136. The van der Waals surface area contributed by atoms with E-state index in [-0.39, 0.29) is 24.3 Å². The average Bonchev–Trinajstić information content (AvgIpc) is 2.60. The van der Waals surface area contributed by atoms with Gasteiger partial charge in [0.2, 0.25) is 0 Å². The Hall–Kier alpha value is -1.66. The smallest absolute Gasteiger partial charge is 0.165 e. The SMILES string of the molecule is COc1ccc(CN(C)CC(O)COC(C)c2ccc(Cl)cc2)cc1F. The van der Waals surface area contributed by atoms with Gasteiger partial charge in [0, 0.05) is 18.1 Å². The molecule has 2 rings (SSSR count). The summed E-state index contributed by atoms with van der Waals surface area (Å²) in [5.41, 5.74) is 1.82. The zero-order valence-corrected chi connectivity index (χ0v) is 16.0. The van der Waals surface area contributed by atoms with Gasteiger partial charge in [-0.1, -0.05) is 29.8 Å². The van der Waals surface area contributed by atoms with Gasteiger partial charge in [-0.15, -0.1) is 0 Å². The molecular formula is C20H25ClFNO3. The van der Waals surface area contributed by atoms with Crippen LogP contribution in [-0.4, -0.2) is 43.4 Å². The summed E-state index contributed by atoms with van der Waals surface area (Å²) in [6.07, 6.45) is -0.777. The Balaban J connectivity index is 1.78. The van der Waals surface area contributed by atoms with E-state index in [1.807, 2.05) is 49.2 Å². The van der Waals surface area contributed by atoms with Crippen molar-refractivity contribution in [1.29, 1.82) is 0 Å². The minimum Gasteiger partial charge on any atom is -0.494 e. The Morgan fingerprint density at radius 1 is 1.19 bits per heavy atom. The van der Waals surface area contributed by atoms with E-state index in [1.165, 1.54) is 13.2 Å². The molecule has 26 heavy (non-hydrogen) atoms. The summed E-state index contributed by atoms with van der Waals surface area (Å²) < 4.78 is 24.4. The molecule has 0 aromatic heterocycles. The van der Waals surface area contributed by atoms with E-state index in [0.29, 0.717) is 18.1 Å². The third-order valence-corrected chi connectivity index (χ3v) is 4.32. The Bertz CT molecular complexity index is 696. The molecule has 0 amide bonds. The zero-order chi connectivity index (χ0) is 19.1. The van der Waals surface area contributed by atoms with Crippen LogP contribution in [0.4, 0.5) is 4.39 Å². The normalized spacial score (nSPS) is 13.7. The summed E-state index contributed by atoms with van der Waals surface area (Å²) in [6, 6.07) is 12.3. The van der Waals surface area contributed by atoms with Gasteiger partial charge < -0.3 is 14.6 Å². The van der Waals surface area contributed by atoms with Crippen LogP contribution < -0.4 is 4.74 Å². The van der Waals surface area contributed by atoms with E-state index in [2.05, 4.69) is 0 Å². The first-order valence-electron chi connectivity index (χ1n) is 8.45. The Morgan fingerprint density at radius 2 is 1.88 bits per heavy atom. The Morgan fingerprint density at radius 3 is 2.50 bits per heavy atom. The highest BCUT2D eigenvalue weighted by Crippen LogP contribution is 2.20. The van der Waals surface area contributed by atoms with Gasteiger partial charge in [0.05, 0.1) is 25.9 Å². The van der Waals surface area contributed by atoms with Crippen LogP contribution >= 0.6 is 11.6 Å². The van der Waals surface area contributed by atoms with Crippen molar-refractivity contribution in [3.8, 4) is 5.75 Å². The summed E-state index contributed by atoms with van der Waals surface area (Å²) in [4.78, 5) is 1.92. The Labute approximate surface area is 159 Å². The molecule has 0 spiro atoms. The predicted molar refractivity (Wildman–Crippen MR) is 101 cm³/mol. The van der Waals surface area contributed by atoms with Crippen molar-refractivity contribution in [3.05, 3.63) is 64.4 Å². The molecule has 0 saturated carbocycles. The second kappa shape index (κ2) is 9.88. The minimum atomic E-state index is -0.641. The lowest BCUT2D eigenvalue weighted by atomic mass is 10.1. The lowest BCUT2D eigenvalue weighted by molar-refractivity contribution is -0.0138. The quantitative estimate of drug-likeness (QED) is 0.711. The molecule has 2 aromatic carbocycles. The molecule has 142 valence electrons. The number of nitrogens with zero attached hydrogens (tertiary/aromatic N) is 1. The summed E-state index contributed by atoms with van der Waals surface area (Å²) in [6.45, 7) is 3.08. The van der Waals surface area contributed by atoms with Crippen LogP contribution in [0.3, 0.4) is 0 Å². The highest BCUT2D eigenvalue weighted by atomic mass is 35.5. The maximum Gasteiger partial charge on any atom is 0.165 e. The van der Waals surface area contributed by atoms with E-state index in [4.69, 9.17) is 21.1 Å². The molecule has 0 aliphatic rings. The fourth-order valence-corrected chi connectivity index (χ4v) is 2.81. The molecule has 2 aromatic rings. The molecule has 0 aliphatic heterocycles. The molecule has 0 fully saturated rings. The van der Waals surface area contributed by atoms with Crippen LogP contribution in [-0.2, 0) is 11.3 Å². The number of aliphatic hydroxyl groups is 1. The molecule has 1 N–H and O–H groups in total. The van der Waals surface area contributed by atoms with Crippen LogP contribution in [0.15, 0.2) is 42.5 Å². The molecule has 2 unspecified atom stereocenters. The standard InChI is InChI=1S/C20H25ClFNO3/c1-14(16-5-7-17(21)8-6-16)26-13-18(24)12-23(2)11-15-4-9-20(25-3)19(22)10-15/h4-10,14,18,24H,11-13H2,1-3H3. The van der Waals surface area contributed by atoms with Gasteiger partial charge >= 0.3 is 0 Å². The number of halogens is 2. The predicted octanol–water partition coefficient (Wildman–Crippen LogP) is 4.06. The maximum atomic E-state index is 13.7. The van der Waals surface area contributed by atoms with Crippen LogP contribution in [0.25, 0.3) is 0 Å². The molecule has 0 aliphatic carbocycles. The van der Waals surface area contributed by atoms with Crippen LogP contribution in [0.5, 0.6) is 5.75 Å². The van der Waals surface area contributed by atoms with Crippen LogP contribution in [0.2, 0.25) is 5.02 Å². The second-order valence-electron chi connectivity index (χ2n) is 6.35. The molecule has 0 heterocycles. The molecule has 0 radical (unpaired) electrons. The lowest BCUT2D eigenvalue weighted by Gasteiger charge is -2.22. The third kappa shape index (κ3) is 6.25. The number of hydrogen-bond acceptors (Lipinski definition) is 4. The topological polar surface area (TPSA) is 41.9 Å². The highest BCUT2D eigenvalue weighted by molar-refractivity contribution is 6.30. The first kappa shape index (κ1) is 20.6. The Kier molecular flexibility index (Phi) is 7.85. The summed E-state index contributed by atoms with van der Waals surface area (Å²) in [5, 5.41) is 10.9. The van der Waals surface area contributed by atoms with E-state index in [9.17, 15) is 9.50 Å². The molecular weight excluding hydrogens is 357 g/mol. The largest absolute Gasteiger partial charge is 0.494 e. The fraction of sp³-hybridized carbons (Fsp3) is 0.400. The van der Waals surface area contributed by atoms with Crippen molar-refractivity contribution >= 4 is 11.6 Å². The number of benzene rings is 2. The first-order valence-corrected chi connectivity index (χ1v) is 8.83. The van der Waals surface area contributed by atoms with Crippen molar-refractivity contribution in [3.63, 3.8) is 0 Å². The van der Waals surface area contributed by atoms with Crippen molar-refractivity contribution < 1.29 is 19.0 Å². The maximum absolute atomic E-state index is 13.7. The third-order valence-electron chi connectivity index (χ3n) is 4.07. The van der Waals surface area contributed by atoms with Crippen LogP contribution in [0.1, 0.15) is 24.2 Å². The van der Waals surface area contributed by atoms with Crippen molar-refractivity contribution in [1.82, 2.24) is 4.90 Å². The van der Waals surface area contributed by atoms with E-state index >= 15 is 0 Å². The number of likely N-dealkylation sites (N-methyl/N-ethyl adjacent to an activating group) is 1. The van der Waals surface area contributed by atoms with Crippen LogP contribution in [0, 0.1) is 5.82 Å². The molecule has 0 bridgehead atoms.